The summed E-state index contributed by atoms with van der Waals surface area (Å²) < 4.78 is 5.40. The number of thiazole rings is 1. The molecular formula is C21H24N4O3S. The summed E-state index contributed by atoms with van der Waals surface area (Å²) in [7, 11) is 1.62. The summed E-state index contributed by atoms with van der Waals surface area (Å²) in [5.41, 5.74) is 1.25. The number of aromatic nitrogens is 1. The van der Waals surface area contributed by atoms with E-state index >= 15 is 0 Å². The molecule has 0 bridgehead atoms. The van der Waals surface area contributed by atoms with E-state index in [2.05, 4.69) is 27.9 Å². The van der Waals surface area contributed by atoms with Gasteiger partial charge in [0.15, 0.2) is 5.13 Å². The number of nitrogens with one attached hydrogen (secondary N) is 3. The monoisotopic (exact) mass is 412 g/mol. The summed E-state index contributed by atoms with van der Waals surface area (Å²) in [5, 5.41) is 10.6. The van der Waals surface area contributed by atoms with E-state index in [9.17, 15) is 9.59 Å². The van der Waals surface area contributed by atoms with Crippen LogP contribution < -0.4 is 20.7 Å². The third-order valence-electron chi connectivity index (χ3n) is 4.39. The van der Waals surface area contributed by atoms with Crippen LogP contribution in [0.25, 0.3) is 10.8 Å². The first kappa shape index (κ1) is 20.6. The number of hydrogen-bond acceptors (Lipinski definition) is 5. The maximum Gasteiger partial charge on any atom is 0.321 e. The molecule has 0 aliphatic rings. The number of ether oxygens (including phenoxy) is 1. The van der Waals surface area contributed by atoms with Crippen LogP contribution in [0, 0.1) is 6.92 Å². The molecule has 2 aromatic carbocycles. The second-order valence-electron chi connectivity index (χ2n) is 6.48. The molecule has 0 radical (unpaired) electrons. The van der Waals surface area contributed by atoms with Crippen molar-refractivity contribution in [1.82, 2.24) is 10.3 Å². The molecule has 0 aliphatic heterocycles. The number of hydrogen-bond donors (Lipinski definition) is 3. The number of carbonyl (C=O) groups is 2. The molecule has 0 saturated carbocycles. The third kappa shape index (κ3) is 4.83. The van der Waals surface area contributed by atoms with Gasteiger partial charge < -0.3 is 15.4 Å². The van der Waals surface area contributed by atoms with E-state index < -0.39 is 0 Å². The average molecular weight is 413 g/mol. The summed E-state index contributed by atoms with van der Waals surface area (Å²) in [6.45, 7) is 4.41. The number of aryl methyl sites for hydroxylation is 1. The summed E-state index contributed by atoms with van der Waals surface area (Å²) >= 11 is 1.15. The van der Waals surface area contributed by atoms with Crippen molar-refractivity contribution in [2.75, 3.05) is 24.3 Å². The van der Waals surface area contributed by atoms with Gasteiger partial charge in [0.25, 0.3) is 5.91 Å². The zero-order valence-corrected chi connectivity index (χ0v) is 17.5. The Morgan fingerprint density at radius 1 is 1.10 bits per heavy atom. The van der Waals surface area contributed by atoms with Gasteiger partial charge in [0.05, 0.1) is 12.8 Å². The first-order valence-electron chi connectivity index (χ1n) is 9.42. The predicted octanol–water partition coefficient (Wildman–Crippen LogP) is 4.79. The maximum atomic E-state index is 12.8. The van der Waals surface area contributed by atoms with Crippen LogP contribution >= 0.6 is 11.3 Å². The number of methoxy groups -OCH3 is 1. The molecule has 3 amide bonds. The molecule has 1 heterocycles. The molecule has 29 heavy (non-hydrogen) atoms. The standard InChI is InChI=1S/C21H24N4O3S/c1-4-5-12-22-20(27)25-21-23-13(2)18(29-21)19(26)24-16-10-11-17(28-3)15-9-7-6-8-14(15)16/h6-11H,4-5,12H2,1-3H3,(H,24,26)(H2,22,23,25,27). The van der Waals surface area contributed by atoms with Gasteiger partial charge in [-0.1, -0.05) is 48.9 Å². The summed E-state index contributed by atoms with van der Waals surface area (Å²) in [4.78, 5) is 29.5. The topological polar surface area (TPSA) is 92.4 Å². The average Bonchev–Trinajstić information content (AvgIpc) is 3.08. The molecule has 3 N–H and O–H groups in total. The maximum absolute atomic E-state index is 12.8. The van der Waals surface area contributed by atoms with E-state index in [-0.39, 0.29) is 11.9 Å². The molecule has 1 aromatic heterocycles. The Morgan fingerprint density at radius 2 is 1.86 bits per heavy atom. The van der Waals surface area contributed by atoms with Crippen LogP contribution in [-0.2, 0) is 0 Å². The number of rotatable bonds is 7. The van der Waals surface area contributed by atoms with Gasteiger partial charge >= 0.3 is 6.03 Å². The van der Waals surface area contributed by atoms with Crippen LogP contribution in [-0.4, -0.2) is 30.6 Å². The zero-order chi connectivity index (χ0) is 20.8. The first-order chi connectivity index (χ1) is 14.0. The van der Waals surface area contributed by atoms with E-state index in [0.717, 1.165) is 40.7 Å². The molecule has 0 unspecified atom stereocenters. The number of carbonyl (C=O) groups excluding carboxylic acids is 2. The smallest absolute Gasteiger partial charge is 0.321 e. The minimum atomic E-state index is -0.319. The number of nitrogens with zero attached hydrogens (tertiary/aromatic N) is 1. The molecule has 3 rings (SSSR count). The van der Waals surface area contributed by atoms with Crippen molar-refractivity contribution < 1.29 is 14.3 Å². The second-order valence-corrected chi connectivity index (χ2v) is 7.48. The summed E-state index contributed by atoms with van der Waals surface area (Å²) in [6, 6.07) is 11.0. The molecule has 0 saturated heterocycles. The fourth-order valence-electron chi connectivity index (χ4n) is 2.92. The number of unbranched alkanes of at least 4 members (excludes halogenated alkanes) is 1. The molecule has 0 fully saturated rings. The Labute approximate surface area is 173 Å². The molecule has 0 atom stereocenters. The van der Waals surface area contributed by atoms with Crippen LogP contribution in [0.5, 0.6) is 5.75 Å². The minimum Gasteiger partial charge on any atom is -0.496 e. The molecule has 152 valence electrons. The Bertz CT molecular complexity index is 1030. The van der Waals surface area contributed by atoms with Crippen molar-refractivity contribution in [3.8, 4) is 5.75 Å². The van der Waals surface area contributed by atoms with Gasteiger partial charge in [0, 0.05) is 23.0 Å². The van der Waals surface area contributed by atoms with E-state index in [0.29, 0.717) is 27.9 Å². The summed E-state index contributed by atoms with van der Waals surface area (Å²) in [6.07, 6.45) is 1.91. The number of benzene rings is 2. The van der Waals surface area contributed by atoms with Gasteiger partial charge in [-0.05, 0) is 25.5 Å². The number of fused-ring (bicyclic) bond motifs is 1. The number of anilines is 2. The van der Waals surface area contributed by atoms with E-state index in [4.69, 9.17) is 4.74 Å². The van der Waals surface area contributed by atoms with Gasteiger partial charge in [-0.3, -0.25) is 10.1 Å². The Morgan fingerprint density at radius 3 is 2.59 bits per heavy atom. The van der Waals surface area contributed by atoms with Crippen LogP contribution in [0.1, 0.15) is 35.1 Å². The fraction of sp³-hybridized carbons (Fsp3) is 0.286. The van der Waals surface area contributed by atoms with Crippen LogP contribution in [0.2, 0.25) is 0 Å². The van der Waals surface area contributed by atoms with Gasteiger partial charge in [0.2, 0.25) is 0 Å². The lowest BCUT2D eigenvalue weighted by atomic mass is 10.1. The lowest BCUT2D eigenvalue weighted by Gasteiger charge is -2.11. The Kier molecular flexibility index (Phi) is 6.66. The van der Waals surface area contributed by atoms with Gasteiger partial charge in [-0.15, -0.1) is 0 Å². The first-order valence-corrected chi connectivity index (χ1v) is 10.2. The molecule has 7 nitrogen and oxygen atoms in total. The molecule has 8 heteroatoms. The molecule has 0 aliphatic carbocycles. The largest absolute Gasteiger partial charge is 0.496 e. The second kappa shape index (κ2) is 9.38. The predicted molar refractivity (Wildman–Crippen MR) is 117 cm³/mol. The highest BCUT2D eigenvalue weighted by Crippen LogP contribution is 2.32. The lowest BCUT2D eigenvalue weighted by molar-refractivity contribution is 0.103. The Balaban J connectivity index is 1.76. The SMILES string of the molecule is CCCCNC(=O)Nc1nc(C)c(C(=O)Nc2ccc(OC)c3ccccc23)s1. The van der Waals surface area contributed by atoms with Gasteiger partial charge in [-0.2, -0.15) is 0 Å². The van der Waals surface area contributed by atoms with Crippen molar-refractivity contribution in [2.24, 2.45) is 0 Å². The molecular weight excluding hydrogens is 388 g/mol. The quantitative estimate of drug-likeness (QED) is 0.487. The fourth-order valence-corrected chi connectivity index (χ4v) is 3.77. The van der Waals surface area contributed by atoms with Crippen molar-refractivity contribution in [2.45, 2.75) is 26.7 Å². The number of urea groups is 1. The highest BCUT2D eigenvalue weighted by atomic mass is 32.1. The third-order valence-corrected chi connectivity index (χ3v) is 5.46. The van der Waals surface area contributed by atoms with Crippen molar-refractivity contribution >= 4 is 44.9 Å². The lowest BCUT2D eigenvalue weighted by Crippen LogP contribution is -2.29. The highest BCUT2D eigenvalue weighted by molar-refractivity contribution is 7.17. The molecule has 0 spiro atoms. The van der Waals surface area contributed by atoms with Crippen LogP contribution in [0.15, 0.2) is 36.4 Å². The zero-order valence-electron chi connectivity index (χ0n) is 16.7. The van der Waals surface area contributed by atoms with E-state index in [1.807, 2.05) is 36.4 Å². The highest BCUT2D eigenvalue weighted by Gasteiger charge is 2.18. The van der Waals surface area contributed by atoms with Gasteiger partial charge in [0.1, 0.15) is 10.6 Å². The number of amides is 3. The summed E-state index contributed by atoms with van der Waals surface area (Å²) in [5.74, 6) is 0.475. The van der Waals surface area contributed by atoms with Crippen LogP contribution in [0.4, 0.5) is 15.6 Å². The van der Waals surface area contributed by atoms with Crippen molar-refractivity contribution in [3.63, 3.8) is 0 Å². The minimum absolute atomic E-state index is 0.269. The van der Waals surface area contributed by atoms with Crippen LogP contribution in [0.3, 0.4) is 0 Å². The van der Waals surface area contributed by atoms with E-state index in [1.54, 1.807) is 14.0 Å². The molecule has 3 aromatic rings. The Hall–Kier alpha value is -3.13. The van der Waals surface area contributed by atoms with Crippen molar-refractivity contribution in [1.29, 1.82) is 0 Å². The van der Waals surface area contributed by atoms with Gasteiger partial charge in [-0.25, -0.2) is 9.78 Å². The van der Waals surface area contributed by atoms with Crippen molar-refractivity contribution in [3.05, 3.63) is 47.0 Å². The normalized spacial score (nSPS) is 10.6. The van der Waals surface area contributed by atoms with E-state index in [1.165, 1.54) is 0 Å².